The molecule has 0 unspecified atom stereocenters. The maximum atomic E-state index is 12.5. The molecule has 0 aliphatic heterocycles. The van der Waals surface area contributed by atoms with Gasteiger partial charge in [0.1, 0.15) is 6.33 Å². The molecule has 2 aromatic heterocycles. The summed E-state index contributed by atoms with van der Waals surface area (Å²) >= 11 is 0. The van der Waals surface area contributed by atoms with Crippen LogP contribution in [0.1, 0.15) is 56.8 Å². The average Bonchev–Trinajstić information content (AvgIpc) is 3.23. The maximum Gasteiger partial charge on any atom is 0.261 e. The van der Waals surface area contributed by atoms with E-state index in [0.29, 0.717) is 42.9 Å². The number of hydrogen-bond acceptors (Lipinski definition) is 5. The summed E-state index contributed by atoms with van der Waals surface area (Å²) in [5.41, 5.74) is 0.616. The van der Waals surface area contributed by atoms with Crippen molar-refractivity contribution in [1.29, 1.82) is 0 Å². The lowest BCUT2D eigenvalue weighted by atomic mass is 9.95. The molecule has 0 radical (unpaired) electrons. The quantitative estimate of drug-likeness (QED) is 0.665. The molecular weight excluding hydrogens is 368 g/mol. The van der Waals surface area contributed by atoms with E-state index in [1.807, 2.05) is 18.2 Å². The number of nitrogens with zero attached hydrogens (tertiary/aromatic N) is 5. The standard InChI is InChI=1S/C21H26N6O2/c28-20(22-13-19-25-24-15-27(19)16-7-2-1-3-8-16)11-6-12-26-14-23-18-10-5-4-9-17(18)21(26)29/h4-5,9-10,14-16H,1-3,6-8,11-13H2,(H,22,28). The number of aromatic nitrogens is 5. The average molecular weight is 394 g/mol. The van der Waals surface area contributed by atoms with E-state index < -0.39 is 0 Å². The largest absolute Gasteiger partial charge is 0.349 e. The minimum absolute atomic E-state index is 0.0509. The van der Waals surface area contributed by atoms with Crippen LogP contribution in [0.2, 0.25) is 0 Å². The molecule has 0 saturated heterocycles. The Morgan fingerprint density at radius 2 is 1.97 bits per heavy atom. The maximum absolute atomic E-state index is 12.5. The summed E-state index contributed by atoms with van der Waals surface area (Å²) in [6.45, 7) is 0.842. The van der Waals surface area contributed by atoms with Crippen molar-refractivity contribution in [3.8, 4) is 0 Å². The number of para-hydroxylation sites is 1. The molecule has 29 heavy (non-hydrogen) atoms. The molecule has 0 spiro atoms. The van der Waals surface area contributed by atoms with Gasteiger partial charge in [0.2, 0.25) is 5.91 Å². The van der Waals surface area contributed by atoms with Crippen LogP contribution in [0, 0.1) is 0 Å². The van der Waals surface area contributed by atoms with E-state index in [1.54, 1.807) is 23.3 Å². The van der Waals surface area contributed by atoms with Crippen LogP contribution in [0.4, 0.5) is 0 Å². The normalized spacial score (nSPS) is 14.9. The van der Waals surface area contributed by atoms with E-state index >= 15 is 0 Å². The highest BCUT2D eigenvalue weighted by molar-refractivity contribution is 5.77. The molecule has 3 aromatic rings. The highest BCUT2D eigenvalue weighted by atomic mass is 16.1. The lowest BCUT2D eigenvalue weighted by Crippen LogP contribution is -2.27. The third kappa shape index (κ3) is 4.52. The number of amides is 1. The van der Waals surface area contributed by atoms with Gasteiger partial charge in [-0.2, -0.15) is 0 Å². The zero-order valence-electron chi connectivity index (χ0n) is 16.5. The second-order valence-corrected chi connectivity index (χ2v) is 7.59. The third-order valence-electron chi connectivity index (χ3n) is 5.59. The number of carbonyl (C=O) groups is 1. The van der Waals surface area contributed by atoms with Gasteiger partial charge >= 0.3 is 0 Å². The minimum Gasteiger partial charge on any atom is -0.349 e. The van der Waals surface area contributed by atoms with Gasteiger partial charge in [-0.1, -0.05) is 31.4 Å². The first-order valence-corrected chi connectivity index (χ1v) is 10.3. The van der Waals surface area contributed by atoms with Gasteiger partial charge < -0.3 is 9.88 Å². The topological polar surface area (TPSA) is 94.7 Å². The second-order valence-electron chi connectivity index (χ2n) is 7.59. The highest BCUT2D eigenvalue weighted by Crippen LogP contribution is 2.28. The molecule has 8 heteroatoms. The van der Waals surface area contributed by atoms with Crippen LogP contribution >= 0.6 is 0 Å². The Bertz CT molecular complexity index is 1030. The van der Waals surface area contributed by atoms with E-state index in [1.165, 1.54) is 19.3 Å². The highest BCUT2D eigenvalue weighted by Gasteiger charge is 2.18. The number of nitrogens with one attached hydrogen (secondary N) is 1. The minimum atomic E-state index is -0.0726. The smallest absolute Gasteiger partial charge is 0.261 e. The van der Waals surface area contributed by atoms with Gasteiger partial charge in [0.25, 0.3) is 5.56 Å². The fourth-order valence-corrected chi connectivity index (χ4v) is 4.00. The molecule has 8 nitrogen and oxygen atoms in total. The van der Waals surface area contributed by atoms with Crippen LogP contribution in [-0.2, 0) is 17.9 Å². The summed E-state index contributed by atoms with van der Waals surface area (Å²) in [5.74, 6) is 0.755. The third-order valence-corrected chi connectivity index (χ3v) is 5.59. The van der Waals surface area contributed by atoms with Crippen molar-refractivity contribution in [3.05, 3.63) is 53.1 Å². The van der Waals surface area contributed by atoms with Crippen LogP contribution < -0.4 is 10.9 Å². The van der Waals surface area contributed by atoms with Crippen molar-refractivity contribution in [2.75, 3.05) is 0 Å². The van der Waals surface area contributed by atoms with Crippen LogP contribution in [0.5, 0.6) is 0 Å². The summed E-state index contributed by atoms with van der Waals surface area (Å²) in [7, 11) is 0. The Morgan fingerprint density at radius 3 is 2.83 bits per heavy atom. The van der Waals surface area contributed by atoms with E-state index in [4.69, 9.17) is 0 Å². The molecule has 4 rings (SSSR count). The molecule has 1 saturated carbocycles. The van der Waals surface area contributed by atoms with Gasteiger partial charge in [-0.25, -0.2) is 4.98 Å². The van der Waals surface area contributed by atoms with Crippen molar-refractivity contribution in [1.82, 2.24) is 29.6 Å². The summed E-state index contributed by atoms with van der Waals surface area (Å²) in [6, 6.07) is 7.72. The molecule has 0 atom stereocenters. The zero-order chi connectivity index (χ0) is 20.1. The SMILES string of the molecule is O=C(CCCn1cnc2ccccc2c1=O)NCc1nncn1C1CCCCC1. The van der Waals surface area contributed by atoms with Crippen molar-refractivity contribution < 1.29 is 4.79 Å². The molecule has 152 valence electrons. The van der Waals surface area contributed by atoms with Crippen LogP contribution in [0.25, 0.3) is 10.9 Å². The van der Waals surface area contributed by atoms with Crippen molar-refractivity contribution in [3.63, 3.8) is 0 Å². The Morgan fingerprint density at radius 1 is 1.14 bits per heavy atom. The van der Waals surface area contributed by atoms with Gasteiger partial charge in [0.05, 0.1) is 23.8 Å². The molecule has 1 amide bonds. The molecule has 1 aromatic carbocycles. The molecule has 2 heterocycles. The number of aryl methyl sites for hydroxylation is 1. The molecule has 1 aliphatic rings. The van der Waals surface area contributed by atoms with Gasteiger partial charge in [-0.3, -0.25) is 14.2 Å². The first-order valence-electron chi connectivity index (χ1n) is 10.3. The fraction of sp³-hybridized carbons (Fsp3) is 0.476. The summed E-state index contributed by atoms with van der Waals surface area (Å²) in [4.78, 5) is 29.0. The van der Waals surface area contributed by atoms with E-state index in [0.717, 1.165) is 18.7 Å². The molecule has 0 bridgehead atoms. The number of benzene rings is 1. The fourth-order valence-electron chi connectivity index (χ4n) is 4.00. The Hall–Kier alpha value is -3.03. The summed E-state index contributed by atoms with van der Waals surface area (Å²) < 4.78 is 3.68. The van der Waals surface area contributed by atoms with Crippen molar-refractivity contribution in [2.24, 2.45) is 0 Å². The van der Waals surface area contributed by atoms with E-state index in [9.17, 15) is 9.59 Å². The van der Waals surface area contributed by atoms with Crippen molar-refractivity contribution >= 4 is 16.8 Å². The number of carbonyl (C=O) groups excluding carboxylic acids is 1. The van der Waals surface area contributed by atoms with Crippen LogP contribution in [0.15, 0.2) is 41.7 Å². The van der Waals surface area contributed by atoms with Crippen LogP contribution in [-0.4, -0.2) is 30.2 Å². The monoisotopic (exact) mass is 394 g/mol. The Labute approximate surface area is 169 Å². The number of fused-ring (bicyclic) bond motifs is 1. The van der Waals surface area contributed by atoms with Gasteiger partial charge in [-0.15, -0.1) is 10.2 Å². The van der Waals surface area contributed by atoms with Crippen molar-refractivity contribution in [2.45, 2.75) is 64.1 Å². The first-order chi connectivity index (χ1) is 14.2. The Balaban J connectivity index is 1.28. The molecule has 1 aliphatic carbocycles. The molecule has 1 fully saturated rings. The zero-order valence-corrected chi connectivity index (χ0v) is 16.5. The van der Waals surface area contributed by atoms with Gasteiger partial charge in [0.15, 0.2) is 5.82 Å². The van der Waals surface area contributed by atoms with Crippen LogP contribution in [0.3, 0.4) is 0 Å². The summed E-state index contributed by atoms with van der Waals surface area (Å²) in [5, 5.41) is 11.7. The lowest BCUT2D eigenvalue weighted by molar-refractivity contribution is -0.121. The second kappa shape index (κ2) is 8.98. The van der Waals surface area contributed by atoms with Gasteiger partial charge in [-0.05, 0) is 31.4 Å². The van der Waals surface area contributed by atoms with E-state index in [2.05, 4.69) is 25.1 Å². The predicted octanol–water partition coefficient (Wildman–Crippen LogP) is 2.59. The molecule has 1 N–H and O–H groups in total. The van der Waals surface area contributed by atoms with E-state index in [-0.39, 0.29) is 11.5 Å². The Kier molecular flexibility index (Phi) is 5.97. The number of rotatable bonds is 7. The summed E-state index contributed by atoms with van der Waals surface area (Å²) in [6.07, 6.45) is 10.3. The predicted molar refractivity (Wildman–Crippen MR) is 109 cm³/mol. The first kappa shape index (κ1) is 19.3. The van der Waals surface area contributed by atoms with Gasteiger partial charge in [0, 0.05) is 19.0 Å². The number of hydrogen-bond donors (Lipinski definition) is 1. The molecular formula is C21H26N6O2. The lowest BCUT2D eigenvalue weighted by Gasteiger charge is -2.24.